The maximum Gasteiger partial charge on any atom is 0.0782 e. The highest BCUT2D eigenvalue weighted by Crippen LogP contribution is 2.41. The van der Waals surface area contributed by atoms with E-state index in [0.29, 0.717) is 0 Å². The Balaban J connectivity index is 1.19. The first-order chi connectivity index (χ1) is 25.3. The largest absolute Gasteiger partial charge is 0.309 e. The lowest BCUT2D eigenvalue weighted by atomic mass is 10.0. The summed E-state index contributed by atoms with van der Waals surface area (Å²) in [6.45, 7) is 0. The first-order valence-corrected chi connectivity index (χ1v) is 17.5. The highest BCUT2D eigenvalue weighted by Gasteiger charge is 2.21. The second-order valence-corrected chi connectivity index (χ2v) is 13.3. The van der Waals surface area contributed by atoms with Crippen molar-refractivity contribution in [1.29, 1.82) is 0 Å². The number of aromatic nitrogens is 3. The molecule has 3 nitrogen and oxygen atoms in total. The third-order valence-electron chi connectivity index (χ3n) is 10.6. The molecule has 0 amide bonds. The second-order valence-electron chi connectivity index (χ2n) is 13.3. The number of hydrogen-bond donors (Lipinski definition) is 0. The zero-order valence-electron chi connectivity index (χ0n) is 27.7. The van der Waals surface area contributed by atoms with E-state index in [1.165, 1.54) is 82.2 Å². The van der Waals surface area contributed by atoms with Gasteiger partial charge in [-0.15, -0.1) is 0 Å². The van der Waals surface area contributed by atoms with Crippen molar-refractivity contribution >= 4 is 65.4 Å². The molecule has 3 heteroatoms. The van der Waals surface area contributed by atoms with Crippen molar-refractivity contribution in [3.63, 3.8) is 0 Å². The molecular weight excluding hydrogens is 619 g/mol. The molecule has 11 aromatic rings. The van der Waals surface area contributed by atoms with Gasteiger partial charge in [-0.3, -0.25) is 0 Å². The summed E-state index contributed by atoms with van der Waals surface area (Å²) in [7, 11) is 0. The fourth-order valence-corrected chi connectivity index (χ4v) is 8.54. The van der Waals surface area contributed by atoms with Crippen LogP contribution in [0.5, 0.6) is 0 Å². The third kappa shape index (κ3) is 4.00. The quantitative estimate of drug-likeness (QED) is 0.180. The Morgan fingerprint density at radius 2 is 0.667 bits per heavy atom. The van der Waals surface area contributed by atoms with Crippen LogP contribution in [0.2, 0.25) is 0 Å². The van der Waals surface area contributed by atoms with Gasteiger partial charge in [0.05, 0.1) is 44.5 Å². The van der Waals surface area contributed by atoms with Crippen LogP contribution in [-0.2, 0) is 0 Å². The van der Waals surface area contributed by atoms with Gasteiger partial charge in [-0.05, 0) is 60.2 Å². The predicted octanol–water partition coefficient (Wildman–Crippen LogP) is 12.6. The fourth-order valence-electron chi connectivity index (χ4n) is 8.54. The summed E-state index contributed by atoms with van der Waals surface area (Å²) >= 11 is 0. The van der Waals surface area contributed by atoms with Gasteiger partial charge in [0.2, 0.25) is 0 Å². The van der Waals surface area contributed by atoms with E-state index in [0.717, 1.165) is 11.4 Å². The molecule has 0 N–H and O–H groups in total. The molecule has 0 atom stereocenters. The highest BCUT2D eigenvalue weighted by atomic mass is 15.1. The van der Waals surface area contributed by atoms with E-state index in [1.54, 1.807) is 0 Å². The molecule has 3 aromatic heterocycles. The summed E-state index contributed by atoms with van der Waals surface area (Å²) in [6.07, 6.45) is 0. The molecule has 0 saturated heterocycles. The van der Waals surface area contributed by atoms with Crippen molar-refractivity contribution in [3.8, 4) is 28.2 Å². The van der Waals surface area contributed by atoms with Gasteiger partial charge in [0.1, 0.15) is 0 Å². The molecule has 0 radical (unpaired) electrons. The van der Waals surface area contributed by atoms with Gasteiger partial charge < -0.3 is 13.7 Å². The lowest BCUT2D eigenvalue weighted by Crippen LogP contribution is -2.01. The Morgan fingerprint density at radius 3 is 1.24 bits per heavy atom. The van der Waals surface area contributed by atoms with E-state index in [4.69, 9.17) is 0 Å². The van der Waals surface area contributed by atoms with E-state index in [2.05, 4.69) is 202 Å². The van der Waals surface area contributed by atoms with Crippen LogP contribution in [0, 0.1) is 0 Å². The number of fused-ring (bicyclic) bond motifs is 9. The lowest BCUT2D eigenvalue weighted by molar-refractivity contribution is 1.13. The average molecular weight is 650 g/mol. The van der Waals surface area contributed by atoms with Gasteiger partial charge in [0.15, 0.2) is 0 Å². The molecule has 0 fully saturated rings. The Hall–Kier alpha value is -6.84. The molecular formula is C48H31N3. The third-order valence-corrected chi connectivity index (χ3v) is 10.6. The van der Waals surface area contributed by atoms with Gasteiger partial charge in [-0.25, -0.2) is 0 Å². The van der Waals surface area contributed by atoms with Gasteiger partial charge in [-0.2, -0.15) is 0 Å². The molecule has 51 heavy (non-hydrogen) atoms. The summed E-state index contributed by atoms with van der Waals surface area (Å²) in [5.74, 6) is 0. The van der Waals surface area contributed by atoms with Crippen LogP contribution in [0.15, 0.2) is 188 Å². The summed E-state index contributed by atoms with van der Waals surface area (Å²) in [4.78, 5) is 0. The van der Waals surface area contributed by atoms with E-state index in [1.807, 2.05) is 0 Å². The van der Waals surface area contributed by atoms with Crippen molar-refractivity contribution < 1.29 is 0 Å². The van der Waals surface area contributed by atoms with Crippen molar-refractivity contribution in [2.24, 2.45) is 0 Å². The van der Waals surface area contributed by atoms with Crippen molar-refractivity contribution in [3.05, 3.63) is 188 Å². The molecule has 0 aliphatic rings. The summed E-state index contributed by atoms with van der Waals surface area (Å²) in [6, 6.07) is 68.4. The first kappa shape index (κ1) is 28.0. The SMILES string of the molecule is c1cc(-c2ccccc2-n2c3ccccc3c3ccccc32)cc(-n2c3ccccc3c3cccc(-n4c5ccccc5c5ccccc54)c32)c1. The minimum absolute atomic E-state index is 1.13. The Kier molecular flexibility index (Phi) is 5.96. The number of rotatable bonds is 4. The van der Waals surface area contributed by atoms with E-state index >= 15 is 0 Å². The summed E-state index contributed by atoms with van der Waals surface area (Å²) < 4.78 is 7.34. The Morgan fingerprint density at radius 1 is 0.275 bits per heavy atom. The zero-order chi connectivity index (χ0) is 33.5. The average Bonchev–Trinajstić information content (AvgIpc) is 3.84. The smallest absolute Gasteiger partial charge is 0.0782 e. The van der Waals surface area contributed by atoms with Gasteiger partial charge >= 0.3 is 0 Å². The molecule has 8 aromatic carbocycles. The first-order valence-electron chi connectivity index (χ1n) is 17.5. The molecule has 0 bridgehead atoms. The van der Waals surface area contributed by atoms with E-state index in [9.17, 15) is 0 Å². The maximum absolute atomic E-state index is 2.47. The molecule has 0 aliphatic heterocycles. The number of benzene rings is 8. The van der Waals surface area contributed by atoms with Crippen molar-refractivity contribution in [1.82, 2.24) is 13.7 Å². The number of para-hydroxylation sites is 7. The van der Waals surface area contributed by atoms with Crippen LogP contribution in [0.1, 0.15) is 0 Å². The standard InChI is InChI=1S/C48H31N3/c1-7-24-41(50-43-26-9-2-18-35(43)36-19-3-10-27-44(36)50)34(17-1)32-15-13-16-33(31-32)49-42-25-8-6-22-39(42)40-23-14-30-47(48(40)49)51-45-28-11-4-20-37(45)38-21-5-12-29-46(38)51/h1-31H. The van der Waals surface area contributed by atoms with Crippen LogP contribution in [0.25, 0.3) is 93.6 Å². The minimum atomic E-state index is 1.13. The molecule has 0 unspecified atom stereocenters. The van der Waals surface area contributed by atoms with Crippen LogP contribution in [0.4, 0.5) is 0 Å². The molecule has 0 aliphatic carbocycles. The van der Waals surface area contributed by atoms with Gasteiger partial charge in [0.25, 0.3) is 0 Å². The van der Waals surface area contributed by atoms with Gasteiger partial charge in [-0.1, -0.05) is 133 Å². The molecule has 11 rings (SSSR count). The normalized spacial score (nSPS) is 11.9. The van der Waals surface area contributed by atoms with E-state index in [-0.39, 0.29) is 0 Å². The molecule has 0 spiro atoms. The molecule has 238 valence electrons. The van der Waals surface area contributed by atoms with Crippen LogP contribution < -0.4 is 0 Å². The summed E-state index contributed by atoms with van der Waals surface area (Å²) in [5, 5.41) is 7.53. The minimum Gasteiger partial charge on any atom is -0.309 e. The maximum atomic E-state index is 2.47. The zero-order valence-corrected chi connectivity index (χ0v) is 27.7. The summed E-state index contributed by atoms with van der Waals surface area (Å²) in [5.41, 5.74) is 13.0. The number of nitrogens with zero attached hydrogens (tertiary/aromatic N) is 3. The Bertz CT molecular complexity index is 3040. The van der Waals surface area contributed by atoms with Gasteiger partial charge in [0, 0.05) is 43.6 Å². The topological polar surface area (TPSA) is 14.8 Å². The lowest BCUT2D eigenvalue weighted by Gasteiger charge is -2.17. The predicted molar refractivity (Wildman–Crippen MR) is 215 cm³/mol. The second kappa shape index (κ2) is 10.8. The van der Waals surface area contributed by atoms with E-state index < -0.39 is 0 Å². The molecule has 0 saturated carbocycles. The molecule has 3 heterocycles. The fraction of sp³-hybridized carbons (Fsp3) is 0. The number of hydrogen-bond acceptors (Lipinski definition) is 0. The monoisotopic (exact) mass is 649 g/mol. The van der Waals surface area contributed by atoms with Crippen LogP contribution in [-0.4, -0.2) is 13.7 Å². The van der Waals surface area contributed by atoms with Crippen molar-refractivity contribution in [2.45, 2.75) is 0 Å². The van der Waals surface area contributed by atoms with Crippen LogP contribution in [0.3, 0.4) is 0 Å². The van der Waals surface area contributed by atoms with Crippen LogP contribution >= 0.6 is 0 Å². The van der Waals surface area contributed by atoms with Crippen molar-refractivity contribution in [2.75, 3.05) is 0 Å². The Labute approximate surface area is 294 Å². The highest BCUT2D eigenvalue weighted by molar-refractivity contribution is 6.15.